The summed E-state index contributed by atoms with van der Waals surface area (Å²) >= 11 is 22.9. The molecule has 13 N–H and O–H groups in total. The Bertz CT molecular complexity index is 5880. The fraction of sp³-hybridized carbons (Fsp3) is 0.114. The summed E-state index contributed by atoms with van der Waals surface area (Å²) in [5, 5.41) is 81.3. The SMILES string of the molecule is Cc1cc(NC(=O)c2cc(Cl)ccc2O)ccc1F.Cc1cc(NC(=O)c2cc(O)cc(Cl)c2)cc(C(F)(F)F)c1.Cc1cc(NC(=O)c2cc(O)ccc2O)cc(C(F)(F)F)c1.Cc1cc(NC(=O)c2ccc(O)c(Cl)c2)cc(C(F)(F)F)c1.Cc1cc(NC(=O)c2cccc(O)c2)cc(C(F)(F)F)c1.Cc1ccc(NC(=O)c2cc(Cl)ccc2O)cc1F. The number of phenols is 7. The lowest BCUT2D eigenvalue weighted by Gasteiger charge is -2.12. The molecule has 0 spiro atoms. The molecule has 0 aromatic heterocycles. The Morgan fingerprint density at radius 3 is 0.992 bits per heavy atom. The summed E-state index contributed by atoms with van der Waals surface area (Å²) < 4.78 is 179. The summed E-state index contributed by atoms with van der Waals surface area (Å²) in [5.74, 6) is -6.01. The number of aromatic hydroxyl groups is 7. The van der Waals surface area contributed by atoms with Crippen molar-refractivity contribution in [1.29, 1.82) is 0 Å². The highest BCUT2D eigenvalue weighted by Crippen LogP contribution is 2.38. The van der Waals surface area contributed by atoms with E-state index < -0.39 is 88.2 Å². The third kappa shape index (κ3) is 30.4. The van der Waals surface area contributed by atoms with E-state index >= 15 is 0 Å². The Morgan fingerprint density at radius 2 is 0.608 bits per heavy atom. The van der Waals surface area contributed by atoms with Gasteiger partial charge >= 0.3 is 24.7 Å². The standard InChI is InChI=1S/2C15H11ClF3NO2.C15H12F3NO3.C15H12F3NO2.2C14H11ClFNO2/c1-8-2-10(15(17,18)19)6-12(3-8)20-14(22)9-4-11(16)7-13(21)5-9;1-8-4-10(15(17,18)19)7-11(5-8)20-14(22)9-2-3-13(21)12(16)6-9;1-8-4-9(15(16,17)18)6-10(5-8)19-14(22)12-7-11(20)2-3-13(12)21;1-9-5-11(15(16,17)18)8-12(6-9)19-14(21)10-3-2-4-13(20)7-10;1-8-6-10(3-4-12(8)16)17-14(19)11-7-9(15)2-5-13(11)18;1-8-2-4-10(7-12(8)16)17-14(19)11-6-9(15)3-5-13(11)18/h2*2-7,21H,1H3,(H,20,22);2-7,20-21H,1H3,(H,19,22);2-8,20H,1H3,(H,19,21);2*2-7,18H,1H3,(H,17,19). The molecule has 0 saturated carbocycles. The third-order valence-corrected chi connectivity index (χ3v) is 17.6. The van der Waals surface area contributed by atoms with E-state index in [0.29, 0.717) is 54.8 Å². The van der Waals surface area contributed by atoms with Gasteiger partial charge < -0.3 is 67.6 Å². The highest BCUT2D eigenvalue weighted by molar-refractivity contribution is 6.33. The van der Waals surface area contributed by atoms with Gasteiger partial charge in [-0.25, -0.2) is 8.78 Å². The maximum Gasteiger partial charge on any atom is 0.416 e. The maximum atomic E-state index is 13.4. The van der Waals surface area contributed by atoms with Crippen LogP contribution >= 0.6 is 46.4 Å². The first-order chi connectivity index (χ1) is 58.2. The molecule has 0 radical (unpaired) electrons. The number of amides is 6. The van der Waals surface area contributed by atoms with Crippen molar-refractivity contribution in [3.8, 4) is 40.2 Å². The Hall–Kier alpha value is -13.8. The number of phenolic OH excluding ortho intramolecular Hbond substituents is 7. The lowest BCUT2D eigenvalue weighted by Crippen LogP contribution is -2.13. The summed E-state index contributed by atoms with van der Waals surface area (Å²) in [4.78, 5) is 71.9. The van der Waals surface area contributed by atoms with Gasteiger partial charge in [0.1, 0.15) is 51.9 Å². The van der Waals surface area contributed by atoms with Gasteiger partial charge in [-0.1, -0.05) is 58.5 Å². The minimum absolute atomic E-state index is 0.0109. The highest BCUT2D eigenvalue weighted by atomic mass is 35.5. The monoisotopic (exact) mass is 1820 g/mol. The smallest absolute Gasteiger partial charge is 0.416 e. The quantitative estimate of drug-likeness (QED) is 0.0400. The van der Waals surface area contributed by atoms with E-state index in [1.54, 1.807) is 26.0 Å². The Balaban J connectivity index is 0.000000206. The second kappa shape index (κ2) is 42.4. The van der Waals surface area contributed by atoms with E-state index in [2.05, 4.69) is 31.9 Å². The minimum Gasteiger partial charge on any atom is -0.508 e. The lowest BCUT2D eigenvalue weighted by molar-refractivity contribution is -0.138. The summed E-state index contributed by atoms with van der Waals surface area (Å²) in [6.45, 7) is 9.21. The lowest BCUT2D eigenvalue weighted by atomic mass is 10.1. The first-order valence-electron chi connectivity index (χ1n) is 35.6. The molecular formula is C88H68Cl4F14N6O13. The molecule has 0 aliphatic rings. The molecule has 125 heavy (non-hydrogen) atoms. The first-order valence-corrected chi connectivity index (χ1v) is 37.1. The van der Waals surface area contributed by atoms with Crippen LogP contribution in [0.3, 0.4) is 0 Å². The van der Waals surface area contributed by atoms with Crippen molar-refractivity contribution in [1.82, 2.24) is 0 Å². The van der Waals surface area contributed by atoms with E-state index in [1.807, 2.05) is 0 Å². The average Bonchev–Trinajstić information content (AvgIpc) is 0.814. The minimum atomic E-state index is -4.53. The zero-order chi connectivity index (χ0) is 93.1. The average molecular weight is 1830 g/mol. The van der Waals surface area contributed by atoms with Crippen LogP contribution in [-0.2, 0) is 24.7 Å². The third-order valence-electron chi connectivity index (χ3n) is 16.6. The molecule has 0 aliphatic carbocycles. The van der Waals surface area contributed by atoms with Crippen LogP contribution in [0, 0.1) is 53.2 Å². The molecule has 0 atom stereocenters. The molecule has 0 fully saturated rings. The van der Waals surface area contributed by atoms with Gasteiger partial charge in [0, 0.05) is 65.9 Å². The van der Waals surface area contributed by atoms with Crippen molar-refractivity contribution in [2.24, 2.45) is 0 Å². The highest BCUT2D eigenvalue weighted by Gasteiger charge is 2.35. The number of alkyl halides is 12. The Kier molecular flexibility index (Phi) is 33.3. The van der Waals surface area contributed by atoms with Crippen LogP contribution in [0.5, 0.6) is 40.2 Å². The number of hydrogen-bond acceptors (Lipinski definition) is 13. The summed E-state index contributed by atoms with van der Waals surface area (Å²) in [6.07, 6.45) is -18.0. The molecule has 12 rings (SSSR count). The predicted octanol–water partition coefficient (Wildman–Crippen LogP) is 24.4. The van der Waals surface area contributed by atoms with Gasteiger partial charge in [0.25, 0.3) is 35.4 Å². The van der Waals surface area contributed by atoms with E-state index in [4.69, 9.17) is 46.4 Å². The molecule has 654 valence electrons. The predicted molar refractivity (Wildman–Crippen MR) is 445 cm³/mol. The van der Waals surface area contributed by atoms with Gasteiger partial charge in [-0.2, -0.15) is 52.7 Å². The number of halogens is 18. The number of carbonyl (C=O) groups is 6. The zero-order valence-electron chi connectivity index (χ0n) is 65.2. The van der Waals surface area contributed by atoms with Crippen LogP contribution < -0.4 is 31.9 Å². The summed E-state index contributed by atoms with van der Waals surface area (Å²) in [6, 6.07) is 46.2. The molecule has 19 nitrogen and oxygen atoms in total. The van der Waals surface area contributed by atoms with Crippen molar-refractivity contribution in [2.75, 3.05) is 31.9 Å². The normalized spacial score (nSPS) is 11.0. The molecule has 6 amide bonds. The Morgan fingerprint density at radius 1 is 0.264 bits per heavy atom. The Labute approximate surface area is 721 Å². The first kappa shape index (κ1) is 98.4. The van der Waals surface area contributed by atoms with Crippen molar-refractivity contribution in [3.63, 3.8) is 0 Å². The fourth-order valence-electron chi connectivity index (χ4n) is 10.8. The van der Waals surface area contributed by atoms with Gasteiger partial charge in [0.15, 0.2) is 0 Å². The van der Waals surface area contributed by atoms with Crippen LogP contribution in [-0.4, -0.2) is 71.2 Å². The second-order valence-corrected chi connectivity index (χ2v) is 28.7. The molecular weight excluding hydrogens is 1760 g/mol. The largest absolute Gasteiger partial charge is 0.508 e. The molecule has 37 heteroatoms. The van der Waals surface area contributed by atoms with Gasteiger partial charge in [0.05, 0.1) is 44.0 Å². The van der Waals surface area contributed by atoms with Gasteiger partial charge in [-0.3, -0.25) is 28.8 Å². The molecule has 0 bridgehead atoms. The van der Waals surface area contributed by atoms with Crippen molar-refractivity contribution >= 4 is 116 Å². The molecule has 0 unspecified atom stereocenters. The number of hydrogen-bond donors (Lipinski definition) is 13. The molecule has 0 saturated heterocycles. The molecule has 12 aromatic carbocycles. The van der Waals surface area contributed by atoms with E-state index in [0.717, 1.165) is 60.7 Å². The number of rotatable bonds is 12. The van der Waals surface area contributed by atoms with Crippen molar-refractivity contribution in [2.45, 2.75) is 66.2 Å². The summed E-state index contributed by atoms with van der Waals surface area (Å²) in [5.41, 5.74) is -0.0725. The maximum absolute atomic E-state index is 13.4. The number of benzene rings is 12. The number of nitrogens with one attached hydrogen (secondary N) is 6. The van der Waals surface area contributed by atoms with Crippen LogP contribution in [0.1, 0.15) is 118 Å². The van der Waals surface area contributed by atoms with Crippen LogP contribution in [0.15, 0.2) is 224 Å². The molecule has 12 aromatic rings. The van der Waals surface area contributed by atoms with Gasteiger partial charge in [-0.15, -0.1) is 0 Å². The van der Waals surface area contributed by atoms with Crippen molar-refractivity contribution in [3.05, 3.63) is 345 Å². The zero-order valence-corrected chi connectivity index (χ0v) is 68.3. The fourth-order valence-corrected chi connectivity index (χ4v) is 11.5. The summed E-state index contributed by atoms with van der Waals surface area (Å²) in [7, 11) is 0. The number of anilines is 6. The molecule has 0 aliphatic heterocycles. The van der Waals surface area contributed by atoms with Gasteiger partial charge in [0.2, 0.25) is 0 Å². The van der Waals surface area contributed by atoms with Crippen molar-refractivity contribution < 1.29 is 126 Å². The van der Waals surface area contributed by atoms with Crippen LogP contribution in [0.4, 0.5) is 95.6 Å². The van der Waals surface area contributed by atoms with E-state index in [1.165, 1.54) is 179 Å². The van der Waals surface area contributed by atoms with Crippen LogP contribution in [0.2, 0.25) is 20.1 Å². The molecule has 0 heterocycles. The number of carbonyl (C=O) groups excluding carboxylic acids is 6. The topological polar surface area (TPSA) is 316 Å². The van der Waals surface area contributed by atoms with Gasteiger partial charge in [-0.05, 0) is 287 Å². The second-order valence-electron chi connectivity index (χ2n) is 26.9. The number of aryl methyl sites for hydroxylation is 6. The van der Waals surface area contributed by atoms with E-state index in [-0.39, 0.29) is 112 Å². The van der Waals surface area contributed by atoms with E-state index in [9.17, 15) is 126 Å². The van der Waals surface area contributed by atoms with Crippen LogP contribution in [0.25, 0.3) is 0 Å².